The molecule has 0 aliphatic carbocycles. The van der Waals surface area contributed by atoms with Gasteiger partial charge >= 0.3 is 0 Å². The first-order valence-corrected chi connectivity index (χ1v) is 39.8. The lowest BCUT2D eigenvalue weighted by Gasteiger charge is -2.21. The third-order valence-electron chi connectivity index (χ3n) is 20.3. The van der Waals surface area contributed by atoms with Crippen molar-refractivity contribution < 1.29 is 76.5 Å². The molecule has 8 aromatic rings. The van der Waals surface area contributed by atoms with Gasteiger partial charge in [0.1, 0.15) is 28.8 Å². The van der Waals surface area contributed by atoms with Crippen molar-refractivity contribution in [3.05, 3.63) is 261 Å². The molecule has 0 aliphatic heterocycles. The Morgan fingerprint density at radius 3 is 0.795 bits per heavy atom. The molecule has 0 radical (unpaired) electrons. The monoisotopic (exact) mass is 1590 g/mol. The summed E-state index contributed by atoms with van der Waals surface area (Å²) >= 11 is 0. The van der Waals surface area contributed by atoms with E-state index in [4.69, 9.17) is 24.7 Å². The molecule has 24 nitrogen and oxygen atoms in total. The van der Waals surface area contributed by atoms with E-state index in [0.29, 0.717) is 116 Å². The molecule has 0 unspecified atom stereocenters. The number of carbonyl (C=O) groups is 12. The molecular weight excluding hydrogens is 1490 g/mol. The van der Waals surface area contributed by atoms with Crippen molar-refractivity contribution in [2.45, 2.75) is 128 Å². The van der Waals surface area contributed by atoms with Crippen LogP contribution in [0.25, 0.3) is 0 Å². The zero-order chi connectivity index (χ0) is 83.9. The van der Waals surface area contributed by atoms with E-state index in [1.807, 2.05) is 43.3 Å². The second-order valence-electron chi connectivity index (χ2n) is 28.9. The third kappa shape index (κ3) is 29.4. The SMILES string of the molecule is COc1ccc(CC(=O)[C@H](CCCCNCC(=O)c2ccccc2)NC(=O)c2cc(CC(=O)[C@H](CCCCNCC(=O)c3ccccc3)NC(=O)c3cc(CC(=O)[C@H](CCCCNCC(=O)c4ccccc4)NC(=O)c4cc(CC(=O)[C@@H](C)CCCCNCC(=O)c5ccccc5)ccc4OC)ccc3OC)ccc2OC)cc1C(N)=O. The Bertz CT molecular complexity index is 4680. The maximum atomic E-state index is 15.0. The fourth-order valence-corrected chi connectivity index (χ4v) is 13.6. The van der Waals surface area contributed by atoms with Crippen LogP contribution in [0.15, 0.2) is 194 Å². The van der Waals surface area contributed by atoms with Gasteiger partial charge in [0.2, 0.25) is 0 Å². The molecule has 8 rings (SSSR count). The minimum Gasteiger partial charge on any atom is -0.496 e. The third-order valence-corrected chi connectivity index (χ3v) is 20.3. The topological polar surface area (TPSA) is 352 Å². The Morgan fingerprint density at radius 2 is 0.538 bits per heavy atom. The molecule has 0 aromatic heterocycles. The van der Waals surface area contributed by atoms with E-state index in [1.54, 1.807) is 121 Å². The van der Waals surface area contributed by atoms with E-state index < -0.39 is 53.3 Å². The first-order valence-electron chi connectivity index (χ1n) is 39.8. The van der Waals surface area contributed by atoms with Gasteiger partial charge in [0.15, 0.2) is 40.5 Å². The number of primary amides is 1. The van der Waals surface area contributed by atoms with Gasteiger partial charge in [0.25, 0.3) is 23.6 Å². The second kappa shape index (κ2) is 48.4. The van der Waals surface area contributed by atoms with Crippen LogP contribution in [0.3, 0.4) is 0 Å². The first-order chi connectivity index (χ1) is 56.7. The molecular formula is C93H108N8O16. The zero-order valence-electron chi connectivity index (χ0n) is 67.4. The van der Waals surface area contributed by atoms with E-state index in [9.17, 15) is 57.5 Å². The predicted molar refractivity (Wildman–Crippen MR) is 448 cm³/mol. The lowest BCUT2D eigenvalue weighted by atomic mass is 9.93. The summed E-state index contributed by atoms with van der Waals surface area (Å²) in [5.74, 6) is -3.90. The van der Waals surface area contributed by atoms with Crippen molar-refractivity contribution in [2.24, 2.45) is 11.7 Å². The number of unbranched alkanes of at least 4 members (excludes halogenated alkanes) is 4. The highest BCUT2D eigenvalue weighted by atomic mass is 16.5. The lowest BCUT2D eigenvalue weighted by molar-refractivity contribution is -0.122. The second-order valence-corrected chi connectivity index (χ2v) is 28.9. The van der Waals surface area contributed by atoms with Crippen molar-refractivity contribution in [3.63, 3.8) is 0 Å². The summed E-state index contributed by atoms with van der Waals surface area (Å²) in [6, 6.07) is 51.3. The van der Waals surface area contributed by atoms with Gasteiger partial charge in [0, 0.05) is 53.9 Å². The normalized spacial score (nSPS) is 12.0. The van der Waals surface area contributed by atoms with E-state index in [0.717, 1.165) is 12.8 Å². The fraction of sp³-hybridized carbons (Fsp3) is 0.355. The average Bonchev–Trinajstić information content (AvgIpc) is 0.831. The minimum absolute atomic E-state index is 0.00124. The summed E-state index contributed by atoms with van der Waals surface area (Å²) in [7, 11) is 5.56. The van der Waals surface area contributed by atoms with Gasteiger partial charge in [0.05, 0.1) is 95.0 Å². The van der Waals surface area contributed by atoms with Gasteiger partial charge in [-0.1, -0.05) is 159 Å². The number of methoxy groups -OCH3 is 4. The van der Waals surface area contributed by atoms with Crippen LogP contribution in [0.4, 0.5) is 0 Å². The van der Waals surface area contributed by atoms with Crippen LogP contribution in [-0.2, 0) is 44.9 Å². The molecule has 4 amide bonds. The number of rotatable bonds is 55. The van der Waals surface area contributed by atoms with Crippen molar-refractivity contribution >= 4 is 69.9 Å². The number of amides is 4. The smallest absolute Gasteiger partial charge is 0.255 e. The number of nitrogens with one attached hydrogen (secondary N) is 7. The number of hydrogen-bond acceptors (Lipinski definition) is 20. The lowest BCUT2D eigenvalue weighted by Crippen LogP contribution is -2.42. The Balaban J connectivity index is 0.978. The van der Waals surface area contributed by atoms with Crippen LogP contribution in [-0.4, -0.2) is 169 Å². The standard InChI is InChI=1S/C93H108N8O16/c1-62(26-18-22-46-95-58-82(106)67-27-10-6-11-28-67)78(102)54-64-39-43-87(115-3)72(51-64)91(111)100-76(36-20-24-48-97-60-84(108)69-31-14-8-15-32-69)80(104)56-66-41-45-89(117-5)74(53-66)93(113)101-77(37-21-25-49-98-61-85(109)70-33-16-9-17-34-70)81(105)57-65-40-44-88(116-4)73(52-65)92(112)99-75(35-19-23-47-96-59-83(107)68-29-12-7-13-30-68)79(103)55-63-38-42-86(114-2)71(50-63)90(94)110/h6-17,27-34,38-45,50-53,62,75-77,95-98H,18-26,35-37,46-49,54-61H2,1-5H3,(H2,94,110)(H,99,112)(H,100,111)(H,101,113)/t62-,75-,76-,77-/m0/s1. The van der Waals surface area contributed by atoms with Crippen LogP contribution in [0.5, 0.6) is 23.0 Å². The van der Waals surface area contributed by atoms with Crippen LogP contribution in [0.2, 0.25) is 0 Å². The zero-order valence-corrected chi connectivity index (χ0v) is 67.4. The molecule has 0 heterocycles. The maximum absolute atomic E-state index is 15.0. The number of ketones is 8. The van der Waals surface area contributed by atoms with Crippen LogP contribution in [0, 0.1) is 5.92 Å². The first kappa shape index (κ1) is 90.6. The maximum Gasteiger partial charge on any atom is 0.255 e. The summed E-state index contributed by atoms with van der Waals surface area (Å²) in [5.41, 5.74) is 9.94. The highest BCUT2D eigenvalue weighted by molar-refractivity contribution is 6.05. The van der Waals surface area contributed by atoms with Crippen molar-refractivity contribution in [2.75, 3.05) is 80.8 Å². The summed E-state index contributed by atoms with van der Waals surface area (Å²) < 4.78 is 22.4. The number of hydrogen-bond donors (Lipinski definition) is 8. The van der Waals surface area contributed by atoms with Crippen molar-refractivity contribution in [1.29, 1.82) is 0 Å². The molecule has 0 saturated heterocycles. The molecule has 0 fully saturated rings. The highest BCUT2D eigenvalue weighted by Crippen LogP contribution is 2.28. The van der Waals surface area contributed by atoms with Gasteiger partial charge in [-0.05, 0) is 168 Å². The van der Waals surface area contributed by atoms with Crippen molar-refractivity contribution in [1.82, 2.24) is 37.2 Å². The van der Waals surface area contributed by atoms with Crippen molar-refractivity contribution in [3.8, 4) is 23.0 Å². The van der Waals surface area contributed by atoms with E-state index in [1.165, 1.54) is 64.8 Å². The fourth-order valence-electron chi connectivity index (χ4n) is 13.6. The van der Waals surface area contributed by atoms with Gasteiger partial charge in [-0.3, -0.25) is 57.5 Å². The molecule has 8 aromatic carbocycles. The largest absolute Gasteiger partial charge is 0.496 e. The highest BCUT2D eigenvalue weighted by Gasteiger charge is 2.30. The number of benzene rings is 8. The Kier molecular flexibility index (Phi) is 37.5. The molecule has 24 heteroatoms. The summed E-state index contributed by atoms with van der Waals surface area (Å²) in [6.07, 6.45) is 4.72. The number of ether oxygens (including phenoxy) is 4. The van der Waals surface area contributed by atoms with Crippen LogP contribution >= 0.6 is 0 Å². The van der Waals surface area contributed by atoms with E-state index >= 15 is 0 Å². The quantitative estimate of drug-likeness (QED) is 0.0130. The molecule has 616 valence electrons. The molecule has 0 spiro atoms. The molecule has 9 N–H and O–H groups in total. The number of carbonyl (C=O) groups excluding carboxylic acids is 12. The van der Waals surface area contributed by atoms with Gasteiger partial charge in [-0.25, -0.2) is 0 Å². The van der Waals surface area contributed by atoms with Crippen LogP contribution in [0.1, 0.15) is 189 Å². The molecule has 0 aliphatic rings. The Morgan fingerprint density at radius 1 is 0.299 bits per heavy atom. The number of nitrogens with two attached hydrogens (primary N) is 1. The Labute approximate surface area is 684 Å². The summed E-state index contributed by atoms with van der Waals surface area (Å²) in [5, 5.41) is 21.5. The molecule has 4 atom stereocenters. The molecule has 0 bridgehead atoms. The summed E-state index contributed by atoms with van der Waals surface area (Å²) in [4.78, 5) is 166. The van der Waals surface area contributed by atoms with Gasteiger partial charge in [-0.15, -0.1) is 0 Å². The number of Topliss-reactive ketones (excluding diaryl/α,β-unsaturated/α-hetero) is 8. The Hall–Kier alpha value is -12.0. The molecule has 0 saturated carbocycles. The van der Waals surface area contributed by atoms with E-state index in [2.05, 4.69) is 37.2 Å². The summed E-state index contributed by atoms with van der Waals surface area (Å²) in [6.45, 7) is 4.22. The van der Waals surface area contributed by atoms with Gasteiger partial charge < -0.3 is 61.9 Å². The molecule has 117 heavy (non-hydrogen) atoms. The van der Waals surface area contributed by atoms with E-state index in [-0.39, 0.29) is 157 Å². The predicted octanol–water partition coefficient (Wildman–Crippen LogP) is 10.9. The van der Waals surface area contributed by atoms with Crippen LogP contribution < -0.4 is 61.9 Å². The van der Waals surface area contributed by atoms with Gasteiger partial charge in [-0.2, -0.15) is 0 Å². The minimum atomic E-state index is -1.15. The average molecular weight is 1590 g/mol.